The van der Waals surface area contributed by atoms with E-state index in [1.54, 1.807) is 30.3 Å². The number of ether oxygens (including phenoxy) is 3. The highest BCUT2D eigenvalue weighted by Gasteiger charge is 2.42. The van der Waals surface area contributed by atoms with Crippen LogP contribution in [-0.4, -0.2) is 67.4 Å². The number of esters is 2. The first-order chi connectivity index (χ1) is 15.5. The Morgan fingerprint density at radius 1 is 0.939 bits per heavy atom. The molecule has 0 aromatic heterocycles. The molecule has 0 bridgehead atoms. The molecule has 0 unspecified atom stereocenters. The van der Waals surface area contributed by atoms with Crippen molar-refractivity contribution in [2.75, 3.05) is 14.2 Å². The molecule has 1 rings (SSSR count). The fraction of sp³-hybridized carbons (Fsp3) is 0.476. The summed E-state index contributed by atoms with van der Waals surface area (Å²) in [6.07, 6.45) is -2.39. The molecule has 0 spiro atoms. The number of methoxy groups -OCH3 is 2. The summed E-state index contributed by atoms with van der Waals surface area (Å²) in [5, 5.41) is 14.4. The van der Waals surface area contributed by atoms with Crippen molar-refractivity contribution in [2.24, 2.45) is 17.6 Å². The summed E-state index contributed by atoms with van der Waals surface area (Å²) in [5.41, 5.74) is 6.06. The first-order valence-electron chi connectivity index (χ1n) is 9.94. The molecule has 0 heterocycles. The fourth-order valence-electron chi connectivity index (χ4n) is 2.97. The van der Waals surface area contributed by atoms with Crippen LogP contribution in [0.4, 0.5) is 4.79 Å². The second kappa shape index (κ2) is 13.0. The summed E-state index contributed by atoms with van der Waals surface area (Å²) in [7, 11) is 2.08. The number of amides is 3. The monoisotopic (exact) mass is 467 g/mol. The van der Waals surface area contributed by atoms with Crippen LogP contribution in [0.1, 0.15) is 19.4 Å². The number of aliphatic hydroxyl groups excluding tert-OH is 1. The van der Waals surface area contributed by atoms with E-state index in [1.807, 2.05) is 0 Å². The van der Waals surface area contributed by atoms with Crippen molar-refractivity contribution < 1.29 is 43.3 Å². The lowest BCUT2D eigenvalue weighted by molar-refractivity contribution is -0.162. The molecule has 182 valence electrons. The Morgan fingerprint density at radius 2 is 1.48 bits per heavy atom. The zero-order chi connectivity index (χ0) is 25.1. The van der Waals surface area contributed by atoms with Crippen LogP contribution in [-0.2, 0) is 40.0 Å². The third-order valence-electron chi connectivity index (χ3n) is 4.82. The van der Waals surface area contributed by atoms with Gasteiger partial charge in [0.1, 0.15) is 18.7 Å². The molecule has 0 saturated carbocycles. The zero-order valence-electron chi connectivity index (χ0n) is 18.8. The Hall–Kier alpha value is -3.67. The Labute approximate surface area is 190 Å². The van der Waals surface area contributed by atoms with Gasteiger partial charge in [0.15, 0.2) is 5.92 Å². The molecule has 12 heteroatoms. The van der Waals surface area contributed by atoms with Crippen LogP contribution >= 0.6 is 0 Å². The number of nitrogens with two attached hydrogens (primary N) is 1. The van der Waals surface area contributed by atoms with Crippen LogP contribution in [0.25, 0.3) is 0 Å². The van der Waals surface area contributed by atoms with Crippen molar-refractivity contribution >= 4 is 29.8 Å². The fourth-order valence-corrected chi connectivity index (χ4v) is 2.97. The van der Waals surface area contributed by atoms with Gasteiger partial charge in [-0.3, -0.25) is 19.2 Å². The molecule has 0 saturated heterocycles. The molecule has 0 fully saturated rings. The van der Waals surface area contributed by atoms with Crippen LogP contribution in [0.15, 0.2) is 30.3 Å². The number of hydrogen-bond acceptors (Lipinski definition) is 9. The molecule has 33 heavy (non-hydrogen) atoms. The summed E-state index contributed by atoms with van der Waals surface area (Å²) < 4.78 is 14.2. The summed E-state index contributed by atoms with van der Waals surface area (Å²) in [5.74, 6) is -6.79. The largest absolute Gasteiger partial charge is 0.468 e. The normalized spacial score (nSPS) is 14.2. The average molecular weight is 467 g/mol. The standard InChI is InChI=1S/C21H29N3O9/c1-11(14(19(28)31-3)20(29)32-4)15(17(22)26)23-18(27)16(12(2)25)24-21(30)33-10-13-8-6-5-7-9-13/h5-9,11-12,14-16,25H,10H2,1-4H3,(H2,22,26)(H,23,27)(H,24,30)/t11-,12-,15+,16+/m1/s1. The van der Waals surface area contributed by atoms with Gasteiger partial charge in [-0.2, -0.15) is 0 Å². The lowest BCUT2D eigenvalue weighted by atomic mass is 9.86. The number of aliphatic hydroxyl groups is 1. The van der Waals surface area contributed by atoms with Crippen molar-refractivity contribution in [2.45, 2.75) is 38.6 Å². The summed E-state index contributed by atoms with van der Waals surface area (Å²) >= 11 is 0. The Kier molecular flexibility index (Phi) is 10.8. The van der Waals surface area contributed by atoms with E-state index >= 15 is 0 Å². The number of benzene rings is 1. The number of primary amides is 1. The van der Waals surface area contributed by atoms with Crippen molar-refractivity contribution in [1.29, 1.82) is 0 Å². The van der Waals surface area contributed by atoms with Gasteiger partial charge in [0.2, 0.25) is 11.8 Å². The van der Waals surface area contributed by atoms with E-state index in [1.165, 1.54) is 13.8 Å². The maximum Gasteiger partial charge on any atom is 0.408 e. The van der Waals surface area contributed by atoms with E-state index in [4.69, 9.17) is 10.5 Å². The van der Waals surface area contributed by atoms with Gasteiger partial charge in [0, 0.05) is 5.92 Å². The average Bonchev–Trinajstić information content (AvgIpc) is 2.79. The highest BCUT2D eigenvalue weighted by molar-refractivity contribution is 5.97. The zero-order valence-corrected chi connectivity index (χ0v) is 18.8. The molecule has 5 N–H and O–H groups in total. The van der Waals surface area contributed by atoms with E-state index in [0.717, 1.165) is 14.2 Å². The van der Waals surface area contributed by atoms with Crippen LogP contribution in [0, 0.1) is 11.8 Å². The van der Waals surface area contributed by atoms with E-state index in [0.29, 0.717) is 5.56 Å². The van der Waals surface area contributed by atoms with E-state index < -0.39 is 59.9 Å². The quantitative estimate of drug-likeness (QED) is 0.184. The minimum absolute atomic E-state index is 0.0816. The third kappa shape index (κ3) is 8.07. The maximum absolute atomic E-state index is 12.7. The molecule has 0 aliphatic heterocycles. The molecule has 0 aliphatic rings. The summed E-state index contributed by atoms with van der Waals surface area (Å²) in [4.78, 5) is 60.9. The van der Waals surface area contributed by atoms with Crippen LogP contribution in [0.5, 0.6) is 0 Å². The maximum atomic E-state index is 12.7. The van der Waals surface area contributed by atoms with Crippen LogP contribution in [0.2, 0.25) is 0 Å². The molecule has 12 nitrogen and oxygen atoms in total. The number of carbonyl (C=O) groups excluding carboxylic acids is 5. The molecule has 0 aliphatic carbocycles. The SMILES string of the molecule is COC(=O)C(C(=O)OC)[C@@H](C)[C@H](NC(=O)[C@@H](NC(=O)OCc1ccccc1)[C@@H](C)O)C(N)=O. The lowest BCUT2D eigenvalue weighted by Gasteiger charge is -2.29. The number of hydrogen-bond donors (Lipinski definition) is 4. The minimum atomic E-state index is -1.56. The van der Waals surface area contributed by atoms with Gasteiger partial charge in [-0.1, -0.05) is 37.3 Å². The van der Waals surface area contributed by atoms with Gasteiger partial charge in [0.05, 0.1) is 20.3 Å². The molecule has 1 aromatic carbocycles. The number of alkyl carbamates (subject to hydrolysis) is 1. The number of nitrogens with one attached hydrogen (secondary N) is 2. The van der Waals surface area contributed by atoms with Crippen molar-refractivity contribution in [3.05, 3.63) is 35.9 Å². The Bertz CT molecular complexity index is 829. The predicted octanol–water partition coefficient (Wildman–Crippen LogP) is -0.769. The van der Waals surface area contributed by atoms with Gasteiger partial charge < -0.3 is 35.7 Å². The predicted molar refractivity (Wildman–Crippen MR) is 113 cm³/mol. The Morgan fingerprint density at radius 3 is 1.94 bits per heavy atom. The van der Waals surface area contributed by atoms with Crippen molar-refractivity contribution in [3.8, 4) is 0 Å². The molecular formula is C21H29N3O9. The minimum Gasteiger partial charge on any atom is -0.468 e. The van der Waals surface area contributed by atoms with Gasteiger partial charge in [-0.25, -0.2) is 4.79 Å². The smallest absolute Gasteiger partial charge is 0.408 e. The summed E-state index contributed by atoms with van der Waals surface area (Å²) in [6, 6.07) is 5.68. The highest BCUT2D eigenvalue weighted by Crippen LogP contribution is 2.20. The van der Waals surface area contributed by atoms with Gasteiger partial charge in [-0.05, 0) is 12.5 Å². The second-order valence-corrected chi connectivity index (χ2v) is 7.20. The highest BCUT2D eigenvalue weighted by atomic mass is 16.6. The molecule has 1 aromatic rings. The number of rotatable bonds is 11. The van der Waals surface area contributed by atoms with Crippen molar-refractivity contribution in [1.82, 2.24) is 10.6 Å². The topological polar surface area (TPSA) is 183 Å². The van der Waals surface area contributed by atoms with E-state index in [9.17, 15) is 29.1 Å². The Balaban J connectivity index is 2.93. The third-order valence-corrected chi connectivity index (χ3v) is 4.82. The van der Waals surface area contributed by atoms with E-state index in [-0.39, 0.29) is 6.61 Å². The molecular weight excluding hydrogens is 438 g/mol. The lowest BCUT2D eigenvalue weighted by Crippen LogP contribution is -2.59. The van der Waals surface area contributed by atoms with Crippen molar-refractivity contribution in [3.63, 3.8) is 0 Å². The first-order valence-corrected chi connectivity index (χ1v) is 9.94. The number of carbonyl (C=O) groups is 5. The van der Waals surface area contributed by atoms with Gasteiger partial charge in [-0.15, -0.1) is 0 Å². The molecule has 4 atom stereocenters. The molecule has 3 amide bonds. The molecule has 0 radical (unpaired) electrons. The summed E-state index contributed by atoms with van der Waals surface area (Å²) in [6.45, 7) is 2.46. The van der Waals surface area contributed by atoms with Crippen LogP contribution in [0.3, 0.4) is 0 Å². The van der Waals surface area contributed by atoms with E-state index in [2.05, 4.69) is 20.1 Å². The first kappa shape index (κ1) is 27.4. The van der Waals surface area contributed by atoms with Crippen LogP contribution < -0.4 is 16.4 Å². The second-order valence-electron chi connectivity index (χ2n) is 7.20. The van der Waals surface area contributed by atoms with Gasteiger partial charge in [0.25, 0.3) is 0 Å². The van der Waals surface area contributed by atoms with Gasteiger partial charge >= 0.3 is 18.0 Å².